The molecule has 2 rings (SSSR count). The fourth-order valence-electron chi connectivity index (χ4n) is 2.37. The van der Waals surface area contributed by atoms with E-state index in [2.05, 4.69) is 16.2 Å². The van der Waals surface area contributed by atoms with Gasteiger partial charge in [-0.2, -0.15) is 13.2 Å². The summed E-state index contributed by atoms with van der Waals surface area (Å²) < 4.78 is 38.3. The fourth-order valence-corrected chi connectivity index (χ4v) is 2.53. The molecule has 154 valence electrons. The molecular formula is C20H19ClF3N3O2. The van der Waals surface area contributed by atoms with Crippen LogP contribution in [-0.2, 0) is 15.8 Å². The first kappa shape index (κ1) is 22.3. The van der Waals surface area contributed by atoms with E-state index in [1.807, 2.05) is 30.3 Å². The zero-order chi connectivity index (χ0) is 21.4. The molecule has 9 heteroatoms. The highest BCUT2D eigenvalue weighted by molar-refractivity contribution is 6.33. The highest BCUT2D eigenvalue weighted by Gasteiger charge is 2.31. The minimum atomic E-state index is -4.56. The van der Waals surface area contributed by atoms with Crippen LogP contribution in [0.15, 0.2) is 54.6 Å². The van der Waals surface area contributed by atoms with E-state index in [4.69, 9.17) is 11.6 Å². The lowest BCUT2D eigenvalue weighted by atomic mass is 10.1. The quantitative estimate of drug-likeness (QED) is 0.560. The van der Waals surface area contributed by atoms with Crippen molar-refractivity contribution in [1.82, 2.24) is 10.9 Å². The topological polar surface area (TPSA) is 70.2 Å². The smallest absolute Gasteiger partial charge is 0.325 e. The van der Waals surface area contributed by atoms with Gasteiger partial charge in [0, 0.05) is 12.8 Å². The van der Waals surface area contributed by atoms with Crippen molar-refractivity contribution in [3.8, 4) is 0 Å². The van der Waals surface area contributed by atoms with Gasteiger partial charge in [0.25, 0.3) is 0 Å². The first-order valence-corrected chi connectivity index (χ1v) is 9.01. The van der Waals surface area contributed by atoms with E-state index in [-0.39, 0.29) is 23.6 Å². The standard InChI is InChI=1S/C20H19ClF3N3O2/c1-2-16(13-6-4-3-5-7-13)26-27-19(29)11-10-18(28)25-17-12-14(20(22,23)24)8-9-15(17)21/h2-9,12,26H,10-11H2,1H3,(H,25,28)(H,27,29). The van der Waals surface area contributed by atoms with Gasteiger partial charge in [0.15, 0.2) is 0 Å². The number of nitrogens with one attached hydrogen (secondary N) is 3. The van der Waals surface area contributed by atoms with Gasteiger partial charge in [-0.15, -0.1) is 0 Å². The molecule has 0 aromatic heterocycles. The van der Waals surface area contributed by atoms with Gasteiger partial charge in [-0.1, -0.05) is 48.0 Å². The van der Waals surface area contributed by atoms with Crippen LogP contribution < -0.4 is 16.2 Å². The van der Waals surface area contributed by atoms with Gasteiger partial charge < -0.3 is 5.32 Å². The van der Waals surface area contributed by atoms with Crippen molar-refractivity contribution < 1.29 is 22.8 Å². The Morgan fingerprint density at radius 3 is 2.28 bits per heavy atom. The predicted octanol–water partition coefficient (Wildman–Crippen LogP) is 4.76. The van der Waals surface area contributed by atoms with Gasteiger partial charge in [0.1, 0.15) is 0 Å². The minimum Gasteiger partial charge on any atom is -0.325 e. The first-order chi connectivity index (χ1) is 13.7. The number of benzene rings is 2. The van der Waals surface area contributed by atoms with E-state index in [1.165, 1.54) is 0 Å². The highest BCUT2D eigenvalue weighted by atomic mass is 35.5. The summed E-state index contributed by atoms with van der Waals surface area (Å²) in [6, 6.07) is 11.9. The highest BCUT2D eigenvalue weighted by Crippen LogP contribution is 2.33. The Kier molecular flexibility index (Phi) is 7.67. The molecule has 0 aliphatic rings. The summed E-state index contributed by atoms with van der Waals surface area (Å²) in [5.74, 6) is -1.08. The molecule has 5 nitrogen and oxygen atoms in total. The van der Waals surface area contributed by atoms with Gasteiger partial charge in [0.2, 0.25) is 11.8 Å². The summed E-state index contributed by atoms with van der Waals surface area (Å²) in [7, 11) is 0. The molecule has 0 saturated carbocycles. The Balaban J connectivity index is 1.85. The molecule has 0 atom stereocenters. The van der Waals surface area contributed by atoms with Crippen LogP contribution >= 0.6 is 11.6 Å². The fraction of sp³-hybridized carbons (Fsp3) is 0.200. The van der Waals surface area contributed by atoms with Crippen LogP contribution in [0.3, 0.4) is 0 Å². The van der Waals surface area contributed by atoms with Gasteiger partial charge in [0.05, 0.1) is 22.0 Å². The maximum absolute atomic E-state index is 12.8. The first-order valence-electron chi connectivity index (χ1n) is 8.64. The summed E-state index contributed by atoms with van der Waals surface area (Å²) in [4.78, 5) is 23.9. The lowest BCUT2D eigenvalue weighted by Gasteiger charge is -2.13. The van der Waals surface area contributed by atoms with Crippen LogP contribution in [0, 0.1) is 0 Å². The predicted molar refractivity (Wildman–Crippen MR) is 106 cm³/mol. The molecule has 2 amide bonds. The minimum absolute atomic E-state index is 0.0296. The van der Waals surface area contributed by atoms with Crippen molar-refractivity contribution in [1.29, 1.82) is 0 Å². The van der Waals surface area contributed by atoms with Crippen molar-refractivity contribution in [2.45, 2.75) is 25.9 Å². The number of hydrogen-bond acceptors (Lipinski definition) is 3. The monoisotopic (exact) mass is 425 g/mol. The van der Waals surface area contributed by atoms with E-state index in [0.717, 1.165) is 23.8 Å². The second-order valence-corrected chi connectivity index (χ2v) is 6.39. The number of amides is 2. The number of hydrazine groups is 1. The number of anilines is 1. The summed E-state index contributed by atoms with van der Waals surface area (Å²) in [5, 5.41) is 2.27. The van der Waals surface area contributed by atoms with Crippen LogP contribution in [-0.4, -0.2) is 11.8 Å². The number of allylic oxidation sites excluding steroid dienone is 1. The largest absolute Gasteiger partial charge is 0.416 e. The molecule has 2 aromatic carbocycles. The number of carbonyl (C=O) groups is 2. The van der Waals surface area contributed by atoms with Crippen LogP contribution in [0.25, 0.3) is 5.70 Å². The van der Waals surface area contributed by atoms with Crippen LogP contribution in [0.5, 0.6) is 0 Å². The molecule has 2 aromatic rings. The van der Waals surface area contributed by atoms with E-state index in [0.29, 0.717) is 5.70 Å². The Labute approximate surface area is 170 Å². The molecule has 0 heterocycles. The van der Waals surface area contributed by atoms with Gasteiger partial charge in [-0.3, -0.25) is 20.4 Å². The Morgan fingerprint density at radius 2 is 1.66 bits per heavy atom. The third-order valence-corrected chi connectivity index (χ3v) is 4.19. The second kappa shape index (κ2) is 9.97. The Bertz CT molecular complexity index is 900. The third kappa shape index (κ3) is 6.83. The summed E-state index contributed by atoms with van der Waals surface area (Å²) in [6.45, 7) is 1.80. The maximum Gasteiger partial charge on any atom is 0.416 e. The Morgan fingerprint density at radius 1 is 1.00 bits per heavy atom. The van der Waals surface area contributed by atoms with Crippen molar-refractivity contribution in [3.63, 3.8) is 0 Å². The van der Waals surface area contributed by atoms with E-state index >= 15 is 0 Å². The molecule has 29 heavy (non-hydrogen) atoms. The van der Waals surface area contributed by atoms with Gasteiger partial charge in [-0.25, -0.2) is 0 Å². The van der Waals surface area contributed by atoms with E-state index < -0.39 is 23.6 Å². The van der Waals surface area contributed by atoms with Gasteiger partial charge in [-0.05, 0) is 30.7 Å². The number of alkyl halides is 3. The summed E-state index contributed by atoms with van der Waals surface area (Å²) in [6.07, 6.45) is -3.17. The molecule has 0 unspecified atom stereocenters. The lowest BCUT2D eigenvalue weighted by Crippen LogP contribution is -2.36. The molecule has 0 saturated heterocycles. The molecule has 0 spiro atoms. The average Bonchev–Trinajstić information content (AvgIpc) is 2.68. The van der Waals surface area contributed by atoms with Gasteiger partial charge >= 0.3 is 6.18 Å². The van der Waals surface area contributed by atoms with Crippen LogP contribution in [0.4, 0.5) is 18.9 Å². The number of rotatable bonds is 7. The average molecular weight is 426 g/mol. The molecule has 0 bridgehead atoms. The zero-order valence-electron chi connectivity index (χ0n) is 15.4. The Hall–Kier alpha value is -3.00. The maximum atomic E-state index is 12.8. The molecule has 0 aliphatic carbocycles. The van der Waals surface area contributed by atoms with Crippen LogP contribution in [0.1, 0.15) is 30.9 Å². The molecule has 3 N–H and O–H groups in total. The third-order valence-electron chi connectivity index (χ3n) is 3.86. The molecule has 0 radical (unpaired) electrons. The molecular weight excluding hydrogens is 407 g/mol. The van der Waals surface area contributed by atoms with E-state index in [1.54, 1.807) is 13.0 Å². The normalized spacial score (nSPS) is 11.7. The van der Waals surface area contributed by atoms with E-state index in [9.17, 15) is 22.8 Å². The zero-order valence-corrected chi connectivity index (χ0v) is 16.2. The second-order valence-electron chi connectivity index (χ2n) is 5.98. The molecule has 0 fully saturated rings. The van der Waals surface area contributed by atoms with Crippen molar-refractivity contribution in [2.24, 2.45) is 0 Å². The van der Waals surface area contributed by atoms with Crippen molar-refractivity contribution in [3.05, 3.63) is 70.8 Å². The SMILES string of the molecule is CC=C(NNC(=O)CCC(=O)Nc1cc(C(F)(F)F)ccc1Cl)c1ccccc1. The van der Waals surface area contributed by atoms with Crippen molar-refractivity contribution >= 4 is 34.8 Å². The molecule has 0 aliphatic heterocycles. The van der Waals surface area contributed by atoms with Crippen molar-refractivity contribution in [2.75, 3.05) is 5.32 Å². The van der Waals surface area contributed by atoms with Crippen LogP contribution in [0.2, 0.25) is 5.02 Å². The number of carbonyl (C=O) groups excluding carboxylic acids is 2. The lowest BCUT2D eigenvalue weighted by molar-refractivity contribution is -0.137. The number of halogens is 4. The number of hydrogen-bond donors (Lipinski definition) is 3. The summed E-state index contributed by atoms with van der Waals surface area (Å²) >= 11 is 5.83. The summed E-state index contributed by atoms with van der Waals surface area (Å²) in [5.41, 5.74) is 5.71.